The molecule has 26 heavy (non-hydrogen) atoms. The number of carbonyl (C=O) groups excluding carboxylic acids is 1. The summed E-state index contributed by atoms with van der Waals surface area (Å²) in [4.78, 5) is 23.2. The number of amides is 1. The average molecular weight is 346 g/mol. The molecule has 0 saturated carbocycles. The Bertz CT molecular complexity index is 1180. The molecule has 4 rings (SSSR count). The van der Waals surface area contributed by atoms with Gasteiger partial charge in [-0.25, -0.2) is 0 Å². The summed E-state index contributed by atoms with van der Waals surface area (Å²) < 4.78 is 5.68. The van der Waals surface area contributed by atoms with Crippen molar-refractivity contribution in [3.8, 4) is 0 Å². The number of benzene rings is 3. The maximum Gasteiger partial charge on any atom is 0.291 e. The number of anilines is 1. The van der Waals surface area contributed by atoms with Gasteiger partial charge in [0.05, 0.1) is 16.2 Å². The van der Waals surface area contributed by atoms with E-state index in [0.717, 1.165) is 16.2 Å². The fourth-order valence-electron chi connectivity index (χ4n) is 3.04. The van der Waals surface area contributed by atoms with Crippen molar-refractivity contribution in [3.05, 3.63) is 82.1 Å². The van der Waals surface area contributed by atoms with Gasteiger partial charge < -0.3 is 9.73 Å². The minimum absolute atomic E-state index is 0.0431. The van der Waals surface area contributed by atoms with Crippen LogP contribution in [0.1, 0.15) is 16.1 Å². The van der Waals surface area contributed by atoms with Crippen LogP contribution in [0, 0.1) is 17.0 Å². The number of furan rings is 1. The third-order valence-corrected chi connectivity index (χ3v) is 4.40. The molecule has 0 atom stereocenters. The number of nitro benzene ring substituents is 1. The van der Waals surface area contributed by atoms with Crippen LogP contribution in [-0.2, 0) is 0 Å². The monoisotopic (exact) mass is 346 g/mol. The minimum atomic E-state index is -0.474. The molecule has 1 amide bonds. The van der Waals surface area contributed by atoms with Crippen molar-refractivity contribution in [3.63, 3.8) is 0 Å². The summed E-state index contributed by atoms with van der Waals surface area (Å²) in [6.45, 7) is 1.60. The predicted molar refractivity (Wildman–Crippen MR) is 99.5 cm³/mol. The summed E-state index contributed by atoms with van der Waals surface area (Å²) in [5, 5.41) is 16.6. The number of nitro groups is 1. The Kier molecular flexibility index (Phi) is 3.65. The summed E-state index contributed by atoms with van der Waals surface area (Å²) in [7, 11) is 0. The first-order valence-electron chi connectivity index (χ1n) is 8.01. The van der Waals surface area contributed by atoms with Crippen molar-refractivity contribution < 1.29 is 14.1 Å². The van der Waals surface area contributed by atoms with Crippen LogP contribution in [0.15, 0.2) is 65.1 Å². The highest BCUT2D eigenvalue weighted by atomic mass is 16.6. The zero-order chi connectivity index (χ0) is 18.3. The standard InChI is InChI=1S/C20H14N2O4/c1-12-16(7-4-8-17(12)22(24)25)21-20(23)19-11-15-14-6-3-2-5-13(14)9-10-18(15)26-19/h2-11H,1H3,(H,21,23). The molecule has 128 valence electrons. The van der Waals surface area contributed by atoms with Gasteiger partial charge in [0.2, 0.25) is 0 Å². The summed E-state index contributed by atoms with van der Waals surface area (Å²) >= 11 is 0. The van der Waals surface area contributed by atoms with Crippen molar-refractivity contribution >= 4 is 39.0 Å². The molecule has 6 nitrogen and oxygen atoms in total. The molecule has 0 aliphatic carbocycles. The zero-order valence-electron chi connectivity index (χ0n) is 13.9. The van der Waals surface area contributed by atoms with E-state index in [2.05, 4.69) is 5.32 Å². The van der Waals surface area contributed by atoms with Crippen LogP contribution in [0.4, 0.5) is 11.4 Å². The van der Waals surface area contributed by atoms with Crippen LogP contribution < -0.4 is 5.32 Å². The van der Waals surface area contributed by atoms with Gasteiger partial charge in [-0.05, 0) is 35.9 Å². The van der Waals surface area contributed by atoms with E-state index in [1.165, 1.54) is 12.1 Å². The Morgan fingerprint density at radius 3 is 2.65 bits per heavy atom. The van der Waals surface area contributed by atoms with Crippen LogP contribution in [0.3, 0.4) is 0 Å². The van der Waals surface area contributed by atoms with Crippen molar-refractivity contribution in [2.45, 2.75) is 6.92 Å². The largest absolute Gasteiger partial charge is 0.451 e. The highest BCUT2D eigenvalue weighted by molar-refractivity contribution is 6.11. The summed E-state index contributed by atoms with van der Waals surface area (Å²) in [6, 6.07) is 17.9. The van der Waals surface area contributed by atoms with E-state index < -0.39 is 10.8 Å². The maximum atomic E-state index is 12.6. The third-order valence-electron chi connectivity index (χ3n) is 4.40. The van der Waals surface area contributed by atoms with E-state index >= 15 is 0 Å². The molecule has 0 radical (unpaired) electrons. The Morgan fingerprint density at radius 1 is 1.04 bits per heavy atom. The maximum absolute atomic E-state index is 12.6. The molecule has 0 aliphatic rings. The lowest BCUT2D eigenvalue weighted by Gasteiger charge is -2.06. The van der Waals surface area contributed by atoms with E-state index in [0.29, 0.717) is 16.8 Å². The Labute approximate surface area is 148 Å². The molecule has 1 aromatic heterocycles. The molecule has 1 heterocycles. The highest BCUT2D eigenvalue weighted by Gasteiger charge is 2.18. The number of hydrogen-bond acceptors (Lipinski definition) is 4. The first-order valence-corrected chi connectivity index (χ1v) is 8.01. The van der Waals surface area contributed by atoms with Crippen molar-refractivity contribution in [2.75, 3.05) is 5.32 Å². The molecule has 0 spiro atoms. The minimum Gasteiger partial charge on any atom is -0.451 e. The van der Waals surface area contributed by atoms with Crippen LogP contribution in [0.2, 0.25) is 0 Å². The molecule has 0 unspecified atom stereocenters. The van der Waals surface area contributed by atoms with Gasteiger partial charge in [0, 0.05) is 11.5 Å². The molecule has 0 saturated heterocycles. The molecular formula is C20H14N2O4. The van der Waals surface area contributed by atoms with E-state index in [4.69, 9.17) is 4.42 Å². The van der Waals surface area contributed by atoms with Gasteiger partial charge in [0.25, 0.3) is 11.6 Å². The fourth-order valence-corrected chi connectivity index (χ4v) is 3.04. The summed E-state index contributed by atoms with van der Waals surface area (Å²) in [5.41, 5.74) is 1.35. The van der Waals surface area contributed by atoms with Gasteiger partial charge in [0.1, 0.15) is 5.58 Å². The molecule has 1 N–H and O–H groups in total. The topological polar surface area (TPSA) is 85.4 Å². The van der Waals surface area contributed by atoms with Gasteiger partial charge in [0.15, 0.2) is 5.76 Å². The van der Waals surface area contributed by atoms with E-state index in [1.54, 1.807) is 19.1 Å². The number of rotatable bonds is 3. The average Bonchev–Trinajstić information content (AvgIpc) is 3.08. The van der Waals surface area contributed by atoms with Crippen LogP contribution in [-0.4, -0.2) is 10.8 Å². The molecule has 0 bridgehead atoms. The Balaban J connectivity index is 1.72. The van der Waals surface area contributed by atoms with Crippen LogP contribution in [0.25, 0.3) is 21.7 Å². The molecule has 0 aliphatic heterocycles. The zero-order valence-corrected chi connectivity index (χ0v) is 13.9. The van der Waals surface area contributed by atoms with E-state index in [1.807, 2.05) is 36.4 Å². The molecule has 4 aromatic rings. The first-order chi connectivity index (χ1) is 12.5. The number of fused-ring (bicyclic) bond motifs is 3. The van der Waals surface area contributed by atoms with Gasteiger partial charge >= 0.3 is 0 Å². The lowest BCUT2D eigenvalue weighted by Crippen LogP contribution is -2.12. The van der Waals surface area contributed by atoms with Crippen molar-refractivity contribution in [1.82, 2.24) is 0 Å². The van der Waals surface area contributed by atoms with Crippen LogP contribution >= 0.6 is 0 Å². The second kappa shape index (κ2) is 6.00. The lowest BCUT2D eigenvalue weighted by atomic mass is 10.1. The molecular weight excluding hydrogens is 332 g/mol. The van der Waals surface area contributed by atoms with Crippen molar-refractivity contribution in [2.24, 2.45) is 0 Å². The first kappa shape index (κ1) is 15.8. The van der Waals surface area contributed by atoms with Gasteiger partial charge in [-0.15, -0.1) is 0 Å². The molecule has 3 aromatic carbocycles. The van der Waals surface area contributed by atoms with E-state index in [9.17, 15) is 14.9 Å². The van der Waals surface area contributed by atoms with Crippen LogP contribution in [0.5, 0.6) is 0 Å². The second-order valence-electron chi connectivity index (χ2n) is 5.97. The lowest BCUT2D eigenvalue weighted by molar-refractivity contribution is -0.385. The molecule has 6 heteroatoms. The van der Waals surface area contributed by atoms with Gasteiger partial charge in [-0.3, -0.25) is 14.9 Å². The summed E-state index contributed by atoms with van der Waals surface area (Å²) in [6.07, 6.45) is 0. The number of carbonyl (C=O) groups is 1. The number of hydrogen-bond donors (Lipinski definition) is 1. The number of nitrogens with zero attached hydrogens (tertiary/aromatic N) is 1. The van der Waals surface area contributed by atoms with E-state index in [-0.39, 0.29) is 11.4 Å². The Morgan fingerprint density at radius 2 is 1.85 bits per heavy atom. The SMILES string of the molecule is Cc1c(NC(=O)c2cc3c(ccc4ccccc43)o2)cccc1[N+](=O)[O-]. The van der Waals surface area contributed by atoms with Crippen molar-refractivity contribution in [1.29, 1.82) is 0 Å². The number of nitrogens with one attached hydrogen (secondary N) is 1. The van der Waals surface area contributed by atoms with Gasteiger partial charge in [-0.1, -0.05) is 36.4 Å². The fraction of sp³-hybridized carbons (Fsp3) is 0.0500. The smallest absolute Gasteiger partial charge is 0.291 e. The predicted octanol–water partition coefficient (Wildman–Crippen LogP) is 5.05. The Hall–Kier alpha value is -3.67. The second-order valence-corrected chi connectivity index (χ2v) is 5.97. The normalized spacial score (nSPS) is 11.0. The third kappa shape index (κ3) is 2.57. The van der Waals surface area contributed by atoms with Gasteiger partial charge in [-0.2, -0.15) is 0 Å². The molecule has 0 fully saturated rings. The quantitative estimate of drug-likeness (QED) is 0.415. The summed E-state index contributed by atoms with van der Waals surface area (Å²) in [5.74, 6) is -0.295. The highest BCUT2D eigenvalue weighted by Crippen LogP contribution is 2.29.